The molecule has 0 aliphatic carbocycles. The van der Waals surface area contributed by atoms with Crippen molar-refractivity contribution in [1.82, 2.24) is 20.2 Å². The normalized spacial score (nSPS) is 20.7. The highest BCUT2D eigenvalue weighted by Gasteiger charge is 2.45. The average molecular weight is 360 g/mol. The van der Waals surface area contributed by atoms with E-state index in [1.54, 1.807) is 4.90 Å². The minimum absolute atomic E-state index is 0.0528. The van der Waals surface area contributed by atoms with Gasteiger partial charge in [-0.25, -0.2) is 9.97 Å². The maximum absolute atomic E-state index is 12.6. The van der Waals surface area contributed by atoms with Crippen molar-refractivity contribution in [3.8, 4) is 12.3 Å². The molecule has 3 rings (SSSR count). The number of anilines is 1. The van der Waals surface area contributed by atoms with Crippen LogP contribution in [0, 0.1) is 12.3 Å². The summed E-state index contributed by atoms with van der Waals surface area (Å²) >= 11 is 5.94. The Labute approximate surface area is 141 Å². The van der Waals surface area contributed by atoms with Gasteiger partial charge in [0.05, 0.1) is 12.2 Å². The third-order valence-corrected chi connectivity index (χ3v) is 4.18. The zero-order valence-corrected chi connectivity index (χ0v) is 13.2. The van der Waals surface area contributed by atoms with Gasteiger partial charge in [-0.05, 0) is 11.6 Å². The first-order valence-electron chi connectivity index (χ1n) is 7.16. The monoisotopic (exact) mass is 359 g/mol. The minimum Gasteiger partial charge on any atom is -0.339 e. The molecule has 2 aliphatic heterocycles. The molecule has 0 bridgehead atoms. The molecule has 6 nitrogen and oxygen atoms in total. The number of alkyl halides is 3. The SMILES string of the molecule is C#C[C@H]1CN(C(=O)C(F)(F)F)CCN1c1nc(Cl)nc2c1CNC2. The number of terminal acetylenes is 1. The molecule has 10 heteroatoms. The van der Waals surface area contributed by atoms with Crippen LogP contribution in [0.2, 0.25) is 5.28 Å². The maximum Gasteiger partial charge on any atom is 0.471 e. The van der Waals surface area contributed by atoms with Crippen molar-refractivity contribution in [2.45, 2.75) is 25.3 Å². The molecule has 1 amide bonds. The smallest absolute Gasteiger partial charge is 0.339 e. The number of hydrogen-bond acceptors (Lipinski definition) is 5. The van der Waals surface area contributed by atoms with E-state index in [0.29, 0.717) is 18.9 Å². The number of carbonyl (C=O) groups excluding carboxylic acids is 1. The summed E-state index contributed by atoms with van der Waals surface area (Å²) in [6, 6.07) is -0.722. The molecule has 0 unspecified atom stereocenters. The fourth-order valence-electron chi connectivity index (χ4n) is 2.90. The third kappa shape index (κ3) is 2.99. The number of amides is 1. The Bertz CT molecular complexity index is 718. The van der Waals surface area contributed by atoms with Crippen LogP contribution in [0.4, 0.5) is 19.0 Å². The molecular weight excluding hydrogens is 347 g/mol. The molecule has 128 valence electrons. The number of fused-ring (bicyclic) bond motifs is 1. The first kappa shape index (κ1) is 16.8. The Morgan fingerprint density at radius 2 is 2.08 bits per heavy atom. The van der Waals surface area contributed by atoms with Gasteiger partial charge in [-0.1, -0.05) is 5.92 Å². The lowest BCUT2D eigenvalue weighted by Gasteiger charge is -2.40. The van der Waals surface area contributed by atoms with Gasteiger partial charge in [-0.3, -0.25) is 4.79 Å². The van der Waals surface area contributed by atoms with Gasteiger partial charge in [-0.15, -0.1) is 6.42 Å². The summed E-state index contributed by atoms with van der Waals surface area (Å²) in [6.07, 6.45) is 0.571. The van der Waals surface area contributed by atoms with E-state index in [-0.39, 0.29) is 24.9 Å². The summed E-state index contributed by atoms with van der Waals surface area (Å²) in [6.45, 7) is 0.883. The Kier molecular flexibility index (Phi) is 4.27. The number of carbonyl (C=O) groups is 1. The second-order valence-corrected chi connectivity index (χ2v) is 5.81. The molecule has 0 aromatic carbocycles. The Morgan fingerprint density at radius 1 is 1.33 bits per heavy atom. The summed E-state index contributed by atoms with van der Waals surface area (Å²) in [4.78, 5) is 22.2. The standard InChI is InChI=1S/C14H13ClF3N5O/c1-2-8-7-22(12(24)14(16,17)18)3-4-23(8)11-9-5-19-6-10(9)20-13(15)21-11/h1,8,19H,3-7H2/t8-/m0/s1. The van der Waals surface area contributed by atoms with Crippen molar-refractivity contribution in [1.29, 1.82) is 0 Å². The molecule has 1 aromatic rings. The molecule has 24 heavy (non-hydrogen) atoms. The predicted octanol–water partition coefficient (Wildman–Crippen LogP) is 0.946. The zero-order valence-electron chi connectivity index (χ0n) is 12.4. The van der Waals surface area contributed by atoms with E-state index in [2.05, 4.69) is 21.2 Å². The second kappa shape index (κ2) is 6.11. The average Bonchev–Trinajstić information content (AvgIpc) is 3.00. The number of rotatable bonds is 1. The number of hydrogen-bond donors (Lipinski definition) is 1. The van der Waals surface area contributed by atoms with Gasteiger partial charge in [0.15, 0.2) is 0 Å². The number of piperazine rings is 1. The van der Waals surface area contributed by atoms with E-state index in [9.17, 15) is 18.0 Å². The highest BCUT2D eigenvalue weighted by Crippen LogP contribution is 2.29. The molecule has 0 spiro atoms. The maximum atomic E-state index is 12.6. The number of nitrogens with zero attached hydrogens (tertiary/aromatic N) is 4. The van der Waals surface area contributed by atoms with E-state index >= 15 is 0 Å². The topological polar surface area (TPSA) is 61.4 Å². The Hall–Kier alpha value is -2.05. The van der Waals surface area contributed by atoms with Gasteiger partial charge in [0, 0.05) is 31.7 Å². The van der Waals surface area contributed by atoms with Crippen LogP contribution < -0.4 is 10.2 Å². The van der Waals surface area contributed by atoms with E-state index in [4.69, 9.17) is 18.0 Å². The molecule has 0 radical (unpaired) electrons. The third-order valence-electron chi connectivity index (χ3n) is 4.01. The van der Waals surface area contributed by atoms with Crippen LogP contribution in [0.15, 0.2) is 0 Å². The lowest BCUT2D eigenvalue weighted by molar-refractivity contribution is -0.186. The fraction of sp³-hybridized carbons (Fsp3) is 0.500. The summed E-state index contributed by atoms with van der Waals surface area (Å²) < 4.78 is 37.8. The van der Waals surface area contributed by atoms with Crippen LogP contribution in [0.25, 0.3) is 0 Å². The lowest BCUT2D eigenvalue weighted by atomic mass is 10.1. The molecule has 0 saturated carbocycles. The van der Waals surface area contributed by atoms with E-state index < -0.39 is 18.1 Å². The molecular formula is C14H13ClF3N5O. The van der Waals surface area contributed by atoms with Crippen LogP contribution >= 0.6 is 11.6 Å². The molecule has 1 N–H and O–H groups in total. The fourth-order valence-corrected chi connectivity index (χ4v) is 3.08. The Morgan fingerprint density at radius 3 is 2.75 bits per heavy atom. The van der Waals surface area contributed by atoms with Crippen LogP contribution in [-0.2, 0) is 17.9 Å². The predicted molar refractivity (Wildman–Crippen MR) is 80.2 cm³/mol. The minimum atomic E-state index is -4.91. The van der Waals surface area contributed by atoms with Gasteiger partial charge in [0.2, 0.25) is 5.28 Å². The van der Waals surface area contributed by atoms with Crippen molar-refractivity contribution in [3.05, 3.63) is 16.5 Å². The molecule has 1 fully saturated rings. The molecule has 1 saturated heterocycles. The van der Waals surface area contributed by atoms with Gasteiger partial charge < -0.3 is 15.1 Å². The zero-order chi connectivity index (χ0) is 17.5. The first-order chi connectivity index (χ1) is 11.3. The van der Waals surface area contributed by atoms with Gasteiger partial charge in [0.25, 0.3) is 0 Å². The van der Waals surface area contributed by atoms with Crippen molar-refractivity contribution in [2.75, 3.05) is 24.5 Å². The Balaban J connectivity index is 1.87. The highest BCUT2D eigenvalue weighted by atomic mass is 35.5. The van der Waals surface area contributed by atoms with Crippen LogP contribution in [0.5, 0.6) is 0 Å². The number of halogens is 4. The molecule has 1 aromatic heterocycles. The first-order valence-corrected chi connectivity index (χ1v) is 7.54. The van der Waals surface area contributed by atoms with Crippen LogP contribution in [0.1, 0.15) is 11.3 Å². The second-order valence-electron chi connectivity index (χ2n) is 5.47. The lowest BCUT2D eigenvalue weighted by Crippen LogP contribution is -2.57. The van der Waals surface area contributed by atoms with Crippen LogP contribution in [0.3, 0.4) is 0 Å². The van der Waals surface area contributed by atoms with Crippen molar-refractivity contribution >= 4 is 23.3 Å². The largest absolute Gasteiger partial charge is 0.471 e. The molecule has 1 atom stereocenters. The van der Waals surface area contributed by atoms with Crippen molar-refractivity contribution in [2.24, 2.45) is 0 Å². The highest BCUT2D eigenvalue weighted by molar-refractivity contribution is 6.28. The van der Waals surface area contributed by atoms with Crippen LogP contribution in [-0.4, -0.2) is 52.6 Å². The summed E-state index contributed by atoms with van der Waals surface area (Å²) in [5.41, 5.74) is 1.57. The molecule has 2 aliphatic rings. The van der Waals surface area contributed by atoms with Gasteiger partial charge >= 0.3 is 12.1 Å². The van der Waals surface area contributed by atoms with Gasteiger partial charge in [0.1, 0.15) is 11.9 Å². The van der Waals surface area contributed by atoms with Crippen molar-refractivity contribution < 1.29 is 18.0 Å². The van der Waals surface area contributed by atoms with Crippen molar-refractivity contribution in [3.63, 3.8) is 0 Å². The molecule has 3 heterocycles. The summed E-state index contributed by atoms with van der Waals surface area (Å²) in [5, 5.41) is 3.17. The summed E-state index contributed by atoms with van der Waals surface area (Å²) in [7, 11) is 0. The van der Waals surface area contributed by atoms with E-state index in [1.165, 1.54) is 0 Å². The van der Waals surface area contributed by atoms with Gasteiger partial charge in [-0.2, -0.15) is 13.2 Å². The van der Waals surface area contributed by atoms with E-state index in [0.717, 1.165) is 16.2 Å². The number of aromatic nitrogens is 2. The quantitative estimate of drug-likeness (QED) is 0.597. The number of nitrogens with one attached hydrogen (secondary N) is 1. The van der Waals surface area contributed by atoms with E-state index in [1.807, 2.05) is 0 Å². The summed E-state index contributed by atoms with van der Waals surface area (Å²) in [5.74, 6) is 1.07.